The zero-order valence-electron chi connectivity index (χ0n) is 6.96. The molecule has 0 saturated heterocycles. The molecule has 1 atom stereocenters. The molecule has 1 aromatic rings. The third kappa shape index (κ3) is 2.35. The van der Waals surface area contributed by atoms with E-state index >= 15 is 0 Å². The third-order valence-electron chi connectivity index (χ3n) is 1.65. The van der Waals surface area contributed by atoms with E-state index in [4.69, 9.17) is 4.74 Å². The Morgan fingerprint density at radius 3 is 2.77 bits per heavy atom. The molecule has 1 aromatic carbocycles. The summed E-state index contributed by atoms with van der Waals surface area (Å²) in [4.78, 5) is 10.5. The van der Waals surface area contributed by atoms with Gasteiger partial charge >= 0.3 is 0 Å². The van der Waals surface area contributed by atoms with E-state index in [2.05, 4.69) is 15.9 Å². The highest BCUT2D eigenvalue weighted by Crippen LogP contribution is 2.21. The van der Waals surface area contributed by atoms with Crippen LogP contribution in [0.15, 0.2) is 22.7 Å². The van der Waals surface area contributed by atoms with Crippen molar-refractivity contribution >= 4 is 22.2 Å². The monoisotopic (exact) mass is 246 g/mol. The van der Waals surface area contributed by atoms with Crippen molar-refractivity contribution in [1.29, 1.82) is 0 Å². The van der Waals surface area contributed by atoms with Crippen LogP contribution in [0.4, 0.5) is 4.39 Å². The fraction of sp³-hybridized carbons (Fsp3) is 0.222. The third-order valence-corrected chi connectivity index (χ3v) is 2.14. The van der Waals surface area contributed by atoms with E-state index in [1.54, 1.807) is 6.07 Å². The van der Waals surface area contributed by atoms with Crippen molar-refractivity contribution in [1.82, 2.24) is 0 Å². The van der Waals surface area contributed by atoms with E-state index in [9.17, 15) is 9.18 Å². The molecule has 0 heterocycles. The Labute approximate surface area is 83.8 Å². The van der Waals surface area contributed by atoms with Crippen molar-refractivity contribution in [3.05, 3.63) is 34.1 Å². The topological polar surface area (TPSA) is 26.3 Å². The normalized spacial score (nSPS) is 12.5. The number of methoxy groups -OCH3 is 1. The van der Waals surface area contributed by atoms with Gasteiger partial charge in [-0.25, -0.2) is 4.39 Å². The van der Waals surface area contributed by atoms with Gasteiger partial charge in [-0.2, -0.15) is 0 Å². The molecule has 0 spiro atoms. The average molecular weight is 247 g/mol. The van der Waals surface area contributed by atoms with Crippen molar-refractivity contribution in [2.45, 2.75) is 6.10 Å². The summed E-state index contributed by atoms with van der Waals surface area (Å²) in [5, 5.41) is 0. The molecule has 0 fully saturated rings. The summed E-state index contributed by atoms with van der Waals surface area (Å²) in [6, 6.07) is 4.47. The molecular formula is C9H8BrFO2. The van der Waals surface area contributed by atoms with Crippen LogP contribution in [0.1, 0.15) is 11.7 Å². The van der Waals surface area contributed by atoms with Crippen molar-refractivity contribution in [2.24, 2.45) is 0 Å². The van der Waals surface area contributed by atoms with Crippen LogP contribution in [0, 0.1) is 5.82 Å². The van der Waals surface area contributed by atoms with Gasteiger partial charge in [0.05, 0.1) is 0 Å². The van der Waals surface area contributed by atoms with E-state index in [0.717, 1.165) is 0 Å². The highest BCUT2D eigenvalue weighted by molar-refractivity contribution is 9.10. The summed E-state index contributed by atoms with van der Waals surface area (Å²) in [7, 11) is 1.36. The second kappa shape index (κ2) is 4.48. The molecule has 0 bridgehead atoms. The SMILES string of the molecule is COC(C=O)c1ccc(Br)cc1F. The van der Waals surface area contributed by atoms with E-state index in [1.807, 2.05) is 0 Å². The van der Waals surface area contributed by atoms with Gasteiger partial charge in [0.15, 0.2) is 6.29 Å². The molecule has 0 aromatic heterocycles. The van der Waals surface area contributed by atoms with E-state index in [1.165, 1.54) is 19.2 Å². The van der Waals surface area contributed by atoms with Gasteiger partial charge in [0, 0.05) is 17.1 Å². The average Bonchev–Trinajstić information content (AvgIpc) is 2.10. The van der Waals surface area contributed by atoms with Gasteiger partial charge in [0.25, 0.3) is 0 Å². The molecule has 0 N–H and O–H groups in total. The predicted octanol–water partition coefficient (Wildman–Crippen LogP) is 2.47. The van der Waals surface area contributed by atoms with Crippen LogP contribution in [0.5, 0.6) is 0 Å². The van der Waals surface area contributed by atoms with E-state index in [-0.39, 0.29) is 5.56 Å². The lowest BCUT2D eigenvalue weighted by Gasteiger charge is -2.09. The molecule has 0 saturated carbocycles. The second-order valence-electron chi connectivity index (χ2n) is 2.46. The second-order valence-corrected chi connectivity index (χ2v) is 3.37. The first-order chi connectivity index (χ1) is 6.19. The first-order valence-electron chi connectivity index (χ1n) is 3.62. The zero-order chi connectivity index (χ0) is 9.84. The Kier molecular flexibility index (Phi) is 3.57. The smallest absolute Gasteiger partial charge is 0.153 e. The first kappa shape index (κ1) is 10.3. The minimum absolute atomic E-state index is 0.251. The Morgan fingerprint density at radius 1 is 1.62 bits per heavy atom. The van der Waals surface area contributed by atoms with Crippen LogP contribution < -0.4 is 0 Å². The zero-order valence-corrected chi connectivity index (χ0v) is 8.55. The number of aldehydes is 1. The first-order valence-corrected chi connectivity index (χ1v) is 4.41. The van der Waals surface area contributed by atoms with Gasteiger partial charge in [0.1, 0.15) is 11.9 Å². The van der Waals surface area contributed by atoms with E-state index < -0.39 is 11.9 Å². The Balaban J connectivity index is 3.06. The van der Waals surface area contributed by atoms with Crippen molar-refractivity contribution in [3.63, 3.8) is 0 Å². The highest BCUT2D eigenvalue weighted by atomic mass is 79.9. The molecule has 2 nitrogen and oxygen atoms in total. The van der Waals surface area contributed by atoms with Crippen LogP contribution in [0.3, 0.4) is 0 Å². The summed E-state index contributed by atoms with van der Waals surface area (Å²) >= 11 is 3.12. The largest absolute Gasteiger partial charge is 0.369 e. The van der Waals surface area contributed by atoms with Crippen LogP contribution >= 0.6 is 15.9 Å². The molecule has 1 rings (SSSR count). The summed E-state index contributed by atoms with van der Waals surface area (Å²) in [6.45, 7) is 0. The van der Waals surface area contributed by atoms with Gasteiger partial charge in [0.2, 0.25) is 0 Å². The van der Waals surface area contributed by atoms with Crippen LogP contribution in [0.25, 0.3) is 0 Å². The minimum atomic E-state index is -0.826. The summed E-state index contributed by atoms with van der Waals surface area (Å²) in [5.41, 5.74) is 0.251. The lowest BCUT2D eigenvalue weighted by atomic mass is 10.1. The molecule has 0 aliphatic heterocycles. The quantitative estimate of drug-likeness (QED) is 0.767. The van der Waals surface area contributed by atoms with Crippen LogP contribution in [0.2, 0.25) is 0 Å². The summed E-state index contributed by atoms with van der Waals surface area (Å²) < 4.78 is 18.6. The molecule has 1 unspecified atom stereocenters. The Bertz CT molecular complexity index is 314. The highest BCUT2D eigenvalue weighted by Gasteiger charge is 2.13. The van der Waals surface area contributed by atoms with Gasteiger partial charge in [-0.1, -0.05) is 22.0 Å². The minimum Gasteiger partial charge on any atom is -0.369 e. The number of hydrogen-bond donors (Lipinski definition) is 0. The molecule has 13 heavy (non-hydrogen) atoms. The van der Waals surface area contributed by atoms with E-state index in [0.29, 0.717) is 10.8 Å². The lowest BCUT2D eigenvalue weighted by Crippen LogP contribution is -2.04. The fourth-order valence-electron chi connectivity index (χ4n) is 0.988. The maximum atomic E-state index is 13.2. The van der Waals surface area contributed by atoms with Crippen molar-refractivity contribution < 1.29 is 13.9 Å². The van der Waals surface area contributed by atoms with Gasteiger partial charge in [-0.3, -0.25) is 0 Å². The van der Waals surface area contributed by atoms with Gasteiger partial charge in [-0.05, 0) is 12.1 Å². The predicted molar refractivity (Wildman–Crippen MR) is 49.9 cm³/mol. The maximum absolute atomic E-state index is 13.2. The van der Waals surface area contributed by atoms with Crippen LogP contribution in [-0.2, 0) is 9.53 Å². The number of carbonyl (C=O) groups is 1. The molecule has 4 heteroatoms. The number of halogens is 2. The number of benzene rings is 1. The molecule has 0 aliphatic carbocycles. The molecule has 0 amide bonds. The molecule has 0 radical (unpaired) electrons. The van der Waals surface area contributed by atoms with Gasteiger partial charge < -0.3 is 9.53 Å². The number of carbonyl (C=O) groups excluding carboxylic acids is 1. The molecule has 70 valence electrons. The van der Waals surface area contributed by atoms with Crippen LogP contribution in [-0.4, -0.2) is 13.4 Å². The lowest BCUT2D eigenvalue weighted by molar-refractivity contribution is -0.116. The van der Waals surface area contributed by atoms with Crippen molar-refractivity contribution in [3.8, 4) is 0 Å². The number of rotatable bonds is 3. The fourth-order valence-corrected chi connectivity index (χ4v) is 1.32. The van der Waals surface area contributed by atoms with Gasteiger partial charge in [-0.15, -0.1) is 0 Å². The Morgan fingerprint density at radius 2 is 2.31 bits per heavy atom. The maximum Gasteiger partial charge on any atom is 0.153 e. The summed E-state index contributed by atoms with van der Waals surface area (Å²) in [5.74, 6) is -0.451. The number of ether oxygens (including phenoxy) is 1. The molecule has 0 aliphatic rings. The van der Waals surface area contributed by atoms with Crippen molar-refractivity contribution in [2.75, 3.05) is 7.11 Å². The Hall–Kier alpha value is -0.740. The molecular weight excluding hydrogens is 239 g/mol. The summed E-state index contributed by atoms with van der Waals surface area (Å²) in [6.07, 6.45) is -0.264. The standard InChI is InChI=1S/C9H8BrFO2/c1-13-9(5-12)7-3-2-6(10)4-8(7)11/h2-5,9H,1H3. The number of hydrogen-bond acceptors (Lipinski definition) is 2.